The lowest BCUT2D eigenvalue weighted by molar-refractivity contribution is -0.123. The number of nitrogens with zero attached hydrogens (tertiary/aromatic N) is 2. The molecule has 0 bridgehead atoms. The van der Waals surface area contributed by atoms with Crippen molar-refractivity contribution in [2.45, 2.75) is 50.4 Å². The zero-order valence-electron chi connectivity index (χ0n) is 17.2. The second-order valence-corrected chi connectivity index (χ2v) is 9.23. The van der Waals surface area contributed by atoms with E-state index in [9.17, 15) is 20.0 Å². The van der Waals surface area contributed by atoms with E-state index in [1.54, 1.807) is 12.1 Å². The summed E-state index contributed by atoms with van der Waals surface area (Å²) in [7, 11) is 0. The molecule has 1 saturated heterocycles. The number of hydrogen-bond donors (Lipinski definition) is 5. The first-order valence-electron chi connectivity index (χ1n) is 10.6. The molecule has 2 aromatic rings. The highest BCUT2D eigenvalue weighted by molar-refractivity contribution is 6.39. The Kier molecular flexibility index (Phi) is 6.86. The van der Waals surface area contributed by atoms with Gasteiger partial charge in [-0.15, -0.1) is 0 Å². The summed E-state index contributed by atoms with van der Waals surface area (Å²) in [5.41, 5.74) is 0.821. The van der Waals surface area contributed by atoms with Gasteiger partial charge in [0.05, 0.1) is 21.6 Å². The number of nitriles is 1. The van der Waals surface area contributed by atoms with Gasteiger partial charge in [0, 0.05) is 5.92 Å². The van der Waals surface area contributed by atoms with Crippen LogP contribution in [-0.4, -0.2) is 51.7 Å². The molecule has 1 aromatic heterocycles. The van der Waals surface area contributed by atoms with Gasteiger partial charge in [-0.05, 0) is 43.9 Å². The standard InChI is InChI=1S/C21H24Cl2N6O3/c22-13-3-4-14(23)17-16(13)28-18(29-17)21(32)27-15(7-10-1-2-10)20(31)26-12(9-24)8-11-5-6-25-19(11)30/h3-4,10-12,15,19,25,30H,1-2,5-8H2,(H,26,31)(H,27,32)(H,28,29)/t11-,12-,15-,19?/m0/s1. The lowest BCUT2D eigenvalue weighted by Gasteiger charge is -2.22. The largest absolute Gasteiger partial charge is 0.378 e. The molecule has 0 radical (unpaired) electrons. The Balaban J connectivity index is 1.45. The van der Waals surface area contributed by atoms with Gasteiger partial charge in [-0.25, -0.2) is 4.98 Å². The van der Waals surface area contributed by atoms with E-state index in [1.807, 2.05) is 0 Å². The lowest BCUT2D eigenvalue weighted by atomic mass is 9.98. The average Bonchev–Trinajstić information content (AvgIpc) is 3.31. The second kappa shape index (κ2) is 9.63. The molecular weight excluding hydrogens is 455 g/mol. The number of nitrogens with one attached hydrogen (secondary N) is 4. The molecule has 2 fully saturated rings. The van der Waals surface area contributed by atoms with Crippen LogP contribution in [-0.2, 0) is 4.79 Å². The van der Waals surface area contributed by atoms with Crippen LogP contribution in [0.3, 0.4) is 0 Å². The summed E-state index contributed by atoms with van der Waals surface area (Å²) in [4.78, 5) is 32.9. The van der Waals surface area contributed by atoms with Crippen LogP contribution in [0.15, 0.2) is 12.1 Å². The Morgan fingerprint density at radius 3 is 2.59 bits per heavy atom. The minimum absolute atomic E-state index is 0.000539. The van der Waals surface area contributed by atoms with Crippen LogP contribution in [0.25, 0.3) is 11.0 Å². The predicted octanol–water partition coefficient (Wildman–Crippen LogP) is 2.09. The Labute approximate surface area is 194 Å². The van der Waals surface area contributed by atoms with Crippen LogP contribution in [0, 0.1) is 23.2 Å². The Bertz CT molecular complexity index is 1020. The molecule has 4 atom stereocenters. The van der Waals surface area contributed by atoms with E-state index in [0.29, 0.717) is 46.4 Å². The number of carbonyl (C=O) groups is 2. The van der Waals surface area contributed by atoms with Gasteiger partial charge in [0.1, 0.15) is 23.8 Å². The van der Waals surface area contributed by atoms with Crippen molar-refractivity contribution < 1.29 is 14.7 Å². The van der Waals surface area contributed by atoms with Crippen LogP contribution >= 0.6 is 23.2 Å². The fourth-order valence-corrected chi connectivity index (χ4v) is 4.39. The van der Waals surface area contributed by atoms with Crippen LogP contribution < -0.4 is 16.0 Å². The van der Waals surface area contributed by atoms with E-state index in [2.05, 4.69) is 32.0 Å². The fraction of sp³-hybridized carbons (Fsp3) is 0.524. The van der Waals surface area contributed by atoms with Crippen LogP contribution in [0.2, 0.25) is 10.0 Å². The molecule has 2 heterocycles. The summed E-state index contributed by atoms with van der Waals surface area (Å²) in [6, 6.07) is 3.72. The van der Waals surface area contributed by atoms with Crippen molar-refractivity contribution in [1.29, 1.82) is 5.26 Å². The third-order valence-electron chi connectivity index (χ3n) is 5.97. The van der Waals surface area contributed by atoms with Gasteiger partial charge in [-0.2, -0.15) is 5.26 Å². The van der Waals surface area contributed by atoms with E-state index in [4.69, 9.17) is 23.2 Å². The number of aliphatic hydroxyl groups excluding tert-OH is 1. The number of hydrogen-bond acceptors (Lipinski definition) is 6. The zero-order valence-corrected chi connectivity index (χ0v) is 18.7. The number of halogens is 2. The minimum Gasteiger partial charge on any atom is -0.378 e. The Hall–Kier alpha value is -2.38. The van der Waals surface area contributed by atoms with Crippen molar-refractivity contribution in [3.05, 3.63) is 28.0 Å². The third kappa shape index (κ3) is 5.15. The van der Waals surface area contributed by atoms with Crippen LogP contribution in [0.1, 0.15) is 42.7 Å². The maximum atomic E-state index is 13.0. The quantitative estimate of drug-likeness (QED) is 0.393. The van der Waals surface area contributed by atoms with Crippen LogP contribution in [0.5, 0.6) is 0 Å². The average molecular weight is 479 g/mol. The topological polar surface area (TPSA) is 143 Å². The lowest BCUT2D eigenvalue weighted by Crippen LogP contribution is -2.50. The molecular formula is C21H24Cl2N6O3. The van der Waals surface area contributed by atoms with Crippen molar-refractivity contribution in [3.63, 3.8) is 0 Å². The predicted molar refractivity (Wildman–Crippen MR) is 119 cm³/mol. The minimum atomic E-state index is -0.809. The second-order valence-electron chi connectivity index (χ2n) is 8.42. The molecule has 1 saturated carbocycles. The van der Waals surface area contributed by atoms with Gasteiger partial charge >= 0.3 is 0 Å². The van der Waals surface area contributed by atoms with E-state index < -0.39 is 30.1 Å². The first-order chi connectivity index (χ1) is 15.4. The number of rotatable bonds is 8. The number of H-pyrrole nitrogens is 1. The number of fused-ring (bicyclic) bond motifs is 1. The highest BCUT2D eigenvalue weighted by Crippen LogP contribution is 2.34. The summed E-state index contributed by atoms with van der Waals surface area (Å²) in [6.45, 7) is 0.670. The Morgan fingerprint density at radius 1 is 1.22 bits per heavy atom. The molecule has 5 N–H and O–H groups in total. The molecule has 1 aliphatic heterocycles. The third-order valence-corrected chi connectivity index (χ3v) is 6.59. The molecule has 0 spiro atoms. The normalized spacial score (nSPS) is 22.3. The van der Waals surface area contributed by atoms with Crippen molar-refractivity contribution in [2.24, 2.45) is 11.8 Å². The summed E-state index contributed by atoms with van der Waals surface area (Å²) < 4.78 is 0. The highest BCUT2D eigenvalue weighted by Gasteiger charge is 2.33. The van der Waals surface area contributed by atoms with E-state index in [-0.39, 0.29) is 11.7 Å². The molecule has 2 aliphatic rings. The SMILES string of the molecule is N#C[C@H](C[C@@H]1CCNC1O)NC(=O)[C@H](CC1CC1)NC(=O)c1nc2c(Cl)ccc(Cl)c2[nH]1. The van der Waals surface area contributed by atoms with Crippen molar-refractivity contribution in [1.82, 2.24) is 25.9 Å². The zero-order chi connectivity index (χ0) is 22.8. The fourth-order valence-electron chi connectivity index (χ4n) is 3.99. The summed E-state index contributed by atoms with van der Waals surface area (Å²) in [5.74, 6) is -0.739. The molecule has 1 aliphatic carbocycles. The molecule has 9 nitrogen and oxygen atoms in total. The number of amides is 2. The number of aliphatic hydroxyl groups is 1. The highest BCUT2D eigenvalue weighted by atomic mass is 35.5. The van der Waals surface area contributed by atoms with Crippen molar-refractivity contribution >= 4 is 46.0 Å². The van der Waals surface area contributed by atoms with Gasteiger partial charge in [0.25, 0.3) is 5.91 Å². The number of aromatic nitrogens is 2. The smallest absolute Gasteiger partial charge is 0.287 e. The number of imidazole rings is 1. The summed E-state index contributed by atoms with van der Waals surface area (Å²) in [5, 5.41) is 28.5. The first-order valence-corrected chi connectivity index (χ1v) is 11.4. The maximum absolute atomic E-state index is 13.0. The van der Waals surface area contributed by atoms with E-state index in [1.165, 1.54) is 0 Å². The van der Waals surface area contributed by atoms with Crippen LogP contribution in [0.4, 0.5) is 0 Å². The molecule has 170 valence electrons. The van der Waals surface area contributed by atoms with Gasteiger partial charge < -0.3 is 20.7 Å². The van der Waals surface area contributed by atoms with Crippen molar-refractivity contribution in [2.75, 3.05) is 6.54 Å². The van der Waals surface area contributed by atoms with E-state index >= 15 is 0 Å². The van der Waals surface area contributed by atoms with Crippen molar-refractivity contribution in [3.8, 4) is 6.07 Å². The Morgan fingerprint density at radius 2 is 1.97 bits per heavy atom. The van der Waals surface area contributed by atoms with Gasteiger partial charge in [-0.3, -0.25) is 14.9 Å². The summed E-state index contributed by atoms with van der Waals surface area (Å²) in [6.07, 6.45) is 2.85. The van der Waals surface area contributed by atoms with Gasteiger partial charge in [0.2, 0.25) is 5.91 Å². The molecule has 1 unspecified atom stereocenters. The molecule has 11 heteroatoms. The number of aromatic amines is 1. The molecule has 4 rings (SSSR count). The van der Waals surface area contributed by atoms with Gasteiger partial charge in [-0.1, -0.05) is 36.0 Å². The summed E-state index contributed by atoms with van der Waals surface area (Å²) >= 11 is 12.3. The molecule has 1 aromatic carbocycles. The maximum Gasteiger partial charge on any atom is 0.287 e. The number of carbonyl (C=O) groups excluding carboxylic acids is 2. The molecule has 32 heavy (non-hydrogen) atoms. The molecule has 2 amide bonds. The van der Waals surface area contributed by atoms with E-state index in [0.717, 1.165) is 19.3 Å². The monoisotopic (exact) mass is 478 g/mol. The number of benzene rings is 1. The first kappa shape index (κ1) is 22.8. The van der Waals surface area contributed by atoms with Gasteiger partial charge in [0.15, 0.2) is 5.82 Å².